The fourth-order valence-electron chi connectivity index (χ4n) is 4.23. The number of pyridine rings is 1. The van der Waals surface area contributed by atoms with Crippen LogP contribution in [0.3, 0.4) is 0 Å². The molecule has 0 aliphatic rings. The van der Waals surface area contributed by atoms with Crippen molar-refractivity contribution in [2.45, 2.75) is 33.6 Å². The molecule has 2 N–H and O–H groups in total. The molecule has 0 atom stereocenters. The van der Waals surface area contributed by atoms with Gasteiger partial charge in [0, 0.05) is 28.9 Å². The molecule has 0 aliphatic carbocycles. The van der Waals surface area contributed by atoms with Crippen LogP contribution in [-0.4, -0.2) is 9.97 Å². The first-order valence-corrected chi connectivity index (χ1v) is 11.4. The third-order valence-corrected chi connectivity index (χ3v) is 6.16. The molecule has 0 spiro atoms. The van der Waals surface area contributed by atoms with Crippen molar-refractivity contribution < 1.29 is 13.2 Å². The minimum Gasteiger partial charge on any atom is -0.346 e. The summed E-state index contributed by atoms with van der Waals surface area (Å²) < 4.78 is 45.2. The summed E-state index contributed by atoms with van der Waals surface area (Å²) in [5.74, 6) is -1.73. The molecule has 2 aromatic carbocycles. The molecular weight excluding hydrogens is 449 g/mol. The standard InChI is InChI=1S/C28H27F3N4/c1-6-18-14-19(7-2)25(31)26(24(18)30)34-17(5)35(23-11-9-10-22(29)16(23)4)27-20(8-3)15-33-28-21(27)12-13-32-28/h6,9-15,34H,1,5,7-8H2,2-4H3,(H,32,33). The van der Waals surface area contributed by atoms with Crippen LogP contribution in [0.4, 0.5) is 30.2 Å². The van der Waals surface area contributed by atoms with Crippen LogP contribution in [0.15, 0.2) is 61.7 Å². The number of aryl methyl sites for hydroxylation is 2. The number of hydrogen-bond donors (Lipinski definition) is 2. The van der Waals surface area contributed by atoms with Crippen LogP contribution in [0.5, 0.6) is 0 Å². The normalized spacial score (nSPS) is 11.0. The van der Waals surface area contributed by atoms with Gasteiger partial charge in [0.25, 0.3) is 0 Å². The van der Waals surface area contributed by atoms with Gasteiger partial charge in [0.1, 0.15) is 23.0 Å². The van der Waals surface area contributed by atoms with Gasteiger partial charge in [-0.25, -0.2) is 18.2 Å². The molecule has 4 nitrogen and oxygen atoms in total. The van der Waals surface area contributed by atoms with E-state index in [4.69, 9.17) is 0 Å². The number of rotatable bonds is 8. The summed E-state index contributed by atoms with van der Waals surface area (Å²) in [6.45, 7) is 13.2. The molecule has 0 saturated carbocycles. The van der Waals surface area contributed by atoms with E-state index in [0.29, 0.717) is 41.0 Å². The number of anilines is 3. The number of halogens is 3. The number of aromatic nitrogens is 2. The van der Waals surface area contributed by atoms with Crippen molar-refractivity contribution in [2.24, 2.45) is 0 Å². The molecule has 180 valence electrons. The van der Waals surface area contributed by atoms with Crippen molar-refractivity contribution >= 4 is 34.2 Å². The highest BCUT2D eigenvalue weighted by Gasteiger charge is 2.25. The first kappa shape index (κ1) is 24.1. The van der Waals surface area contributed by atoms with Crippen LogP contribution in [0, 0.1) is 24.4 Å². The van der Waals surface area contributed by atoms with Gasteiger partial charge in [-0.2, -0.15) is 0 Å². The van der Waals surface area contributed by atoms with E-state index < -0.39 is 17.5 Å². The van der Waals surface area contributed by atoms with E-state index in [1.54, 1.807) is 43.3 Å². The fraction of sp³-hybridized carbons (Fsp3) is 0.179. The van der Waals surface area contributed by atoms with Gasteiger partial charge in [-0.3, -0.25) is 4.90 Å². The maximum absolute atomic E-state index is 15.3. The van der Waals surface area contributed by atoms with Gasteiger partial charge in [0.05, 0.1) is 11.4 Å². The Morgan fingerprint density at radius 2 is 1.86 bits per heavy atom. The van der Waals surface area contributed by atoms with Crippen molar-refractivity contribution in [3.63, 3.8) is 0 Å². The summed E-state index contributed by atoms with van der Waals surface area (Å²) in [5, 5.41) is 3.63. The highest BCUT2D eigenvalue weighted by molar-refractivity contribution is 5.96. The van der Waals surface area contributed by atoms with E-state index in [9.17, 15) is 4.39 Å². The zero-order valence-electron chi connectivity index (χ0n) is 20.0. The van der Waals surface area contributed by atoms with E-state index in [1.807, 2.05) is 13.0 Å². The number of nitrogens with one attached hydrogen (secondary N) is 2. The Balaban J connectivity index is 1.96. The minimum absolute atomic E-state index is 0.156. The molecule has 35 heavy (non-hydrogen) atoms. The number of H-pyrrole nitrogens is 1. The molecule has 4 aromatic rings. The van der Waals surface area contributed by atoms with Crippen molar-refractivity contribution in [2.75, 3.05) is 10.2 Å². The summed E-state index contributed by atoms with van der Waals surface area (Å²) in [4.78, 5) is 9.25. The molecule has 0 unspecified atom stereocenters. The van der Waals surface area contributed by atoms with Crippen molar-refractivity contribution in [3.05, 3.63) is 101 Å². The summed E-state index contributed by atoms with van der Waals surface area (Å²) >= 11 is 0. The molecule has 7 heteroatoms. The summed E-state index contributed by atoms with van der Waals surface area (Å²) in [6.07, 6.45) is 5.83. The third-order valence-electron chi connectivity index (χ3n) is 6.16. The van der Waals surface area contributed by atoms with Gasteiger partial charge in [0.15, 0.2) is 11.6 Å². The number of aromatic amines is 1. The monoisotopic (exact) mass is 476 g/mol. The molecule has 2 heterocycles. The zero-order valence-corrected chi connectivity index (χ0v) is 20.0. The molecule has 4 rings (SSSR count). The number of benzene rings is 2. The molecule has 0 amide bonds. The Morgan fingerprint density at radius 1 is 1.11 bits per heavy atom. The molecule has 0 bridgehead atoms. The Hall–Kier alpha value is -4.00. The number of fused-ring (bicyclic) bond motifs is 1. The second-order valence-electron chi connectivity index (χ2n) is 8.20. The lowest BCUT2D eigenvalue weighted by Crippen LogP contribution is -2.25. The average molecular weight is 477 g/mol. The lowest BCUT2D eigenvalue weighted by molar-refractivity contribution is 0.578. The lowest BCUT2D eigenvalue weighted by Gasteiger charge is -2.31. The van der Waals surface area contributed by atoms with Crippen LogP contribution >= 0.6 is 0 Å². The van der Waals surface area contributed by atoms with Crippen LogP contribution in [0.2, 0.25) is 0 Å². The third kappa shape index (κ3) is 4.18. The highest BCUT2D eigenvalue weighted by Crippen LogP contribution is 2.40. The lowest BCUT2D eigenvalue weighted by atomic mass is 10.0. The van der Waals surface area contributed by atoms with Crippen LogP contribution in [0.25, 0.3) is 17.1 Å². The molecule has 2 aromatic heterocycles. The summed E-state index contributed by atoms with van der Waals surface area (Å²) in [6, 6.07) is 8.01. The van der Waals surface area contributed by atoms with Gasteiger partial charge in [-0.1, -0.05) is 39.1 Å². The van der Waals surface area contributed by atoms with Crippen LogP contribution < -0.4 is 10.2 Å². The van der Waals surface area contributed by atoms with E-state index >= 15 is 8.78 Å². The Morgan fingerprint density at radius 3 is 2.54 bits per heavy atom. The SMILES string of the molecule is C=Cc1cc(CC)c(F)c(NC(=C)N(c2cccc(F)c2C)c2c(CC)cnc3[nH]ccc23)c1F. The largest absolute Gasteiger partial charge is 0.346 e. The van der Waals surface area contributed by atoms with Crippen LogP contribution in [-0.2, 0) is 12.8 Å². The van der Waals surface area contributed by atoms with Crippen molar-refractivity contribution in [3.8, 4) is 0 Å². The maximum Gasteiger partial charge on any atom is 0.156 e. The van der Waals surface area contributed by atoms with Crippen molar-refractivity contribution in [1.82, 2.24) is 9.97 Å². The quantitative estimate of drug-likeness (QED) is 0.273. The number of hydrogen-bond acceptors (Lipinski definition) is 3. The van der Waals surface area contributed by atoms with E-state index in [2.05, 4.69) is 28.4 Å². The van der Waals surface area contributed by atoms with Gasteiger partial charge in [0.2, 0.25) is 0 Å². The molecule has 0 radical (unpaired) electrons. The first-order valence-electron chi connectivity index (χ1n) is 11.4. The topological polar surface area (TPSA) is 44.0 Å². The second kappa shape index (κ2) is 9.70. The Bertz CT molecular complexity index is 1440. The molecule has 0 fully saturated rings. The van der Waals surface area contributed by atoms with E-state index in [0.717, 1.165) is 10.9 Å². The van der Waals surface area contributed by atoms with E-state index in [1.165, 1.54) is 18.2 Å². The zero-order chi connectivity index (χ0) is 25.3. The van der Waals surface area contributed by atoms with Crippen molar-refractivity contribution in [1.29, 1.82) is 0 Å². The summed E-state index contributed by atoms with van der Waals surface area (Å²) in [5.41, 5.74) is 3.23. The second-order valence-corrected chi connectivity index (χ2v) is 8.20. The number of nitrogens with zero attached hydrogens (tertiary/aromatic N) is 2. The van der Waals surface area contributed by atoms with E-state index in [-0.39, 0.29) is 17.1 Å². The fourth-order valence-corrected chi connectivity index (χ4v) is 4.23. The van der Waals surface area contributed by atoms with Gasteiger partial charge >= 0.3 is 0 Å². The molecule has 0 aliphatic heterocycles. The predicted molar refractivity (Wildman–Crippen MR) is 137 cm³/mol. The van der Waals surface area contributed by atoms with Gasteiger partial charge < -0.3 is 10.3 Å². The highest BCUT2D eigenvalue weighted by atomic mass is 19.1. The smallest absolute Gasteiger partial charge is 0.156 e. The Labute approximate surface area is 202 Å². The molecule has 0 saturated heterocycles. The minimum atomic E-state index is -0.774. The summed E-state index contributed by atoms with van der Waals surface area (Å²) in [7, 11) is 0. The molecular formula is C28H27F3N4. The van der Waals surface area contributed by atoms with Gasteiger partial charge in [-0.15, -0.1) is 0 Å². The van der Waals surface area contributed by atoms with Gasteiger partial charge in [-0.05, 0) is 55.2 Å². The first-order chi connectivity index (χ1) is 16.8. The average Bonchev–Trinajstić information content (AvgIpc) is 3.34. The van der Waals surface area contributed by atoms with Crippen LogP contribution in [0.1, 0.15) is 36.1 Å². The maximum atomic E-state index is 15.3. The predicted octanol–water partition coefficient (Wildman–Crippen LogP) is 7.78. The Kier molecular flexibility index (Phi) is 6.69.